The van der Waals surface area contributed by atoms with E-state index in [0.717, 1.165) is 30.1 Å². The fourth-order valence-electron chi connectivity index (χ4n) is 4.76. The van der Waals surface area contributed by atoms with Gasteiger partial charge >= 0.3 is 5.91 Å². The molecule has 1 aromatic heterocycles. The summed E-state index contributed by atoms with van der Waals surface area (Å²) in [6, 6.07) is 18.5. The lowest BCUT2D eigenvalue weighted by atomic mass is 10.0. The molecular formula is C29H30ClN8O4S+. The molecule has 1 fully saturated rings. The summed E-state index contributed by atoms with van der Waals surface area (Å²) in [6.07, 6.45) is 3.33. The standard InChI is InChI=1S/C29H29ClN8O4S/c1-37-15-6-5-9-21(37)18-31-36-35-29(39)19-8-7-10-20(16-19)38(43(40)41)28-27(32-24-11-3-4-12-25(24)34-28)33-26-17-22(42-2)13-14-23(26)30/h3-4,7-8,10-14,16-17,21H,5-6,9,15,18H2,1-2H3,(H-,32,33,40,41)/p+1. The first-order valence-corrected chi connectivity index (χ1v) is 15.0. The highest BCUT2D eigenvalue weighted by Crippen LogP contribution is 2.36. The molecule has 0 spiro atoms. The molecule has 5 rings (SSSR count). The lowest BCUT2D eigenvalue weighted by Gasteiger charge is -2.29. The third-order valence-electron chi connectivity index (χ3n) is 7.07. The molecule has 0 aliphatic carbocycles. The van der Waals surface area contributed by atoms with Crippen LogP contribution in [-0.2, 0) is 11.3 Å². The zero-order valence-corrected chi connectivity index (χ0v) is 25.1. The maximum atomic E-state index is 12.9. The minimum absolute atomic E-state index is 0.0243. The number of benzene rings is 3. The van der Waals surface area contributed by atoms with Crippen LogP contribution in [0.2, 0.25) is 5.02 Å². The molecule has 14 heteroatoms. The molecule has 2 N–H and O–H groups in total. The number of piperidine rings is 1. The molecule has 2 heterocycles. The normalized spacial score (nSPS) is 15.8. The predicted molar refractivity (Wildman–Crippen MR) is 167 cm³/mol. The Kier molecular flexibility index (Phi) is 9.70. The van der Waals surface area contributed by atoms with Crippen LogP contribution in [0.15, 0.2) is 77.0 Å². The lowest BCUT2D eigenvalue weighted by Crippen LogP contribution is -2.38. The van der Waals surface area contributed by atoms with Crippen molar-refractivity contribution in [3.8, 4) is 5.75 Å². The van der Waals surface area contributed by atoms with Crippen molar-refractivity contribution in [3.63, 3.8) is 0 Å². The molecule has 0 bridgehead atoms. The van der Waals surface area contributed by atoms with Crippen molar-refractivity contribution in [1.82, 2.24) is 19.8 Å². The Morgan fingerprint density at radius 1 is 1.16 bits per heavy atom. The molecule has 1 aliphatic rings. The van der Waals surface area contributed by atoms with E-state index in [9.17, 15) is 13.6 Å². The van der Waals surface area contributed by atoms with Crippen LogP contribution >= 0.6 is 11.6 Å². The molecule has 2 unspecified atom stereocenters. The number of hydrogen-bond acceptors (Lipinski definition) is 8. The Bertz CT molecular complexity index is 1730. The van der Waals surface area contributed by atoms with Gasteiger partial charge in [-0.1, -0.05) is 36.2 Å². The minimum atomic E-state index is -2.62. The fourth-order valence-corrected chi connectivity index (χ4v) is 5.49. The number of ether oxygens (including phenoxy) is 1. The van der Waals surface area contributed by atoms with E-state index in [0.29, 0.717) is 34.0 Å². The number of rotatable bonds is 9. The van der Waals surface area contributed by atoms with Gasteiger partial charge in [-0.05, 0) is 68.9 Å². The van der Waals surface area contributed by atoms with Gasteiger partial charge in [0.2, 0.25) is 10.0 Å². The van der Waals surface area contributed by atoms with E-state index in [-0.39, 0.29) is 28.9 Å². The maximum absolute atomic E-state index is 12.9. The van der Waals surface area contributed by atoms with E-state index < -0.39 is 17.2 Å². The number of methoxy groups -OCH3 is 1. The van der Waals surface area contributed by atoms with Gasteiger partial charge in [-0.25, -0.2) is 18.5 Å². The lowest BCUT2D eigenvalue weighted by molar-refractivity contribution is 0.0992. The van der Waals surface area contributed by atoms with E-state index in [1.807, 2.05) is 6.07 Å². The van der Waals surface area contributed by atoms with E-state index in [2.05, 4.69) is 42.4 Å². The van der Waals surface area contributed by atoms with Crippen molar-refractivity contribution in [1.29, 1.82) is 0 Å². The average Bonchev–Trinajstić information content (AvgIpc) is 3.01. The largest absolute Gasteiger partial charge is 0.497 e. The smallest absolute Gasteiger partial charge is 0.360 e. The third kappa shape index (κ3) is 7.22. The monoisotopic (exact) mass is 621 g/mol. The second-order valence-electron chi connectivity index (χ2n) is 9.88. The first-order chi connectivity index (χ1) is 20.8. The number of carbonyl (C=O) groups excluding carboxylic acids is 1. The van der Waals surface area contributed by atoms with E-state index in [4.69, 9.17) is 16.3 Å². The van der Waals surface area contributed by atoms with Crippen molar-refractivity contribution < 1.29 is 18.3 Å². The molecule has 1 saturated heterocycles. The number of para-hydroxylation sites is 2. The van der Waals surface area contributed by atoms with Crippen molar-refractivity contribution in [2.75, 3.05) is 36.9 Å². The highest BCUT2D eigenvalue weighted by molar-refractivity contribution is 7.81. The summed E-state index contributed by atoms with van der Waals surface area (Å²) in [5.41, 5.74) is 1.83. The van der Waals surface area contributed by atoms with Crippen molar-refractivity contribution in [3.05, 3.63) is 77.3 Å². The Balaban J connectivity index is 1.49. The van der Waals surface area contributed by atoms with Crippen LogP contribution in [0, 0.1) is 0 Å². The van der Waals surface area contributed by atoms with Gasteiger partial charge in [0.25, 0.3) is 11.3 Å². The van der Waals surface area contributed by atoms with E-state index in [1.54, 1.807) is 54.6 Å². The van der Waals surface area contributed by atoms with Gasteiger partial charge in [-0.15, -0.1) is 0 Å². The number of anilines is 4. The van der Waals surface area contributed by atoms with Gasteiger partial charge in [0, 0.05) is 12.1 Å². The summed E-state index contributed by atoms with van der Waals surface area (Å²) >= 11 is 3.82. The third-order valence-corrected chi connectivity index (χ3v) is 8.09. The highest BCUT2D eigenvalue weighted by Gasteiger charge is 2.25. The number of nitrogens with zero attached hydrogens (tertiary/aromatic N) is 7. The number of amides is 1. The molecule has 12 nitrogen and oxygen atoms in total. The summed E-state index contributed by atoms with van der Waals surface area (Å²) in [7, 11) is 3.58. The Morgan fingerprint density at radius 3 is 2.70 bits per heavy atom. The van der Waals surface area contributed by atoms with Crippen LogP contribution in [0.4, 0.5) is 23.0 Å². The number of carbonyl (C=O) groups is 1. The Labute approximate surface area is 255 Å². The summed E-state index contributed by atoms with van der Waals surface area (Å²) < 4.78 is 29.7. The van der Waals surface area contributed by atoms with Crippen LogP contribution in [0.1, 0.15) is 29.6 Å². The first-order valence-electron chi connectivity index (χ1n) is 13.5. The fraction of sp³-hybridized carbons (Fsp3) is 0.276. The second kappa shape index (κ2) is 13.8. The number of likely N-dealkylation sites (N-methyl/N-ethyl adjacent to an activating group) is 1. The Hall–Kier alpha value is -4.26. The van der Waals surface area contributed by atoms with Crippen LogP contribution in [0.5, 0.6) is 5.75 Å². The van der Waals surface area contributed by atoms with Gasteiger partial charge < -0.3 is 15.0 Å². The molecule has 4 aromatic rings. The number of likely N-dealkylation sites (tertiary alicyclic amines) is 1. The molecule has 1 aliphatic heterocycles. The van der Waals surface area contributed by atoms with Gasteiger partial charge in [0.05, 0.1) is 40.1 Å². The van der Waals surface area contributed by atoms with Gasteiger partial charge in [0.1, 0.15) is 17.4 Å². The zero-order chi connectivity index (χ0) is 30.3. The van der Waals surface area contributed by atoms with Crippen molar-refractivity contribution >= 4 is 62.8 Å². The van der Waals surface area contributed by atoms with Gasteiger partial charge in [-0.2, -0.15) is 0 Å². The maximum Gasteiger partial charge on any atom is 0.360 e. The second-order valence-corrected chi connectivity index (χ2v) is 11.1. The molecule has 0 radical (unpaired) electrons. The number of aromatic nitrogens is 2. The summed E-state index contributed by atoms with van der Waals surface area (Å²) in [5.74, 6) is 0.0791. The minimum Gasteiger partial charge on any atom is -0.497 e. The molecule has 2 atom stereocenters. The summed E-state index contributed by atoms with van der Waals surface area (Å²) in [4.78, 5) is 28.2. The quantitative estimate of drug-likeness (QED) is 0.133. The van der Waals surface area contributed by atoms with Crippen LogP contribution < -0.4 is 19.3 Å². The van der Waals surface area contributed by atoms with Crippen molar-refractivity contribution in [2.45, 2.75) is 25.3 Å². The number of halogens is 1. The molecule has 3 aromatic carbocycles. The number of nitrogens with one attached hydrogen (secondary N) is 1. The molecule has 0 saturated carbocycles. The molecule has 43 heavy (non-hydrogen) atoms. The van der Waals surface area contributed by atoms with Crippen LogP contribution in [0.3, 0.4) is 0 Å². The van der Waals surface area contributed by atoms with E-state index >= 15 is 0 Å². The summed E-state index contributed by atoms with van der Waals surface area (Å²) in [5, 5.41) is 11.3. The van der Waals surface area contributed by atoms with E-state index in [1.165, 1.54) is 13.2 Å². The number of hydrogen-bond donors (Lipinski definition) is 2. The number of fused-ring (bicyclic) bond motifs is 1. The zero-order valence-electron chi connectivity index (χ0n) is 23.6. The molecule has 222 valence electrons. The first kappa shape index (κ1) is 30.2. The predicted octanol–water partition coefficient (Wildman–Crippen LogP) is 5.91. The average molecular weight is 622 g/mol. The molecular weight excluding hydrogens is 592 g/mol. The van der Waals surface area contributed by atoms with Gasteiger partial charge in [-0.3, -0.25) is 9.35 Å². The highest BCUT2D eigenvalue weighted by atomic mass is 35.5. The van der Waals surface area contributed by atoms with Gasteiger partial charge in [0.15, 0.2) is 11.6 Å². The van der Waals surface area contributed by atoms with Crippen LogP contribution in [0.25, 0.3) is 11.0 Å². The summed E-state index contributed by atoms with van der Waals surface area (Å²) in [6.45, 7) is 1.47. The SMILES string of the molecule is COc1ccc(Cl)c(Nc2nc3ccccc3nc2N(c2cccc(C(=O)N=[N+]=NCC3CCCCN3C)c2)S(=O)O)c1. The molecule has 1 amide bonds. The van der Waals surface area contributed by atoms with Crippen LogP contribution in [-0.4, -0.2) is 62.8 Å². The van der Waals surface area contributed by atoms with Crippen molar-refractivity contribution in [2.24, 2.45) is 10.2 Å². The Morgan fingerprint density at radius 2 is 1.95 bits per heavy atom. The topological polar surface area (TPSA) is 147 Å².